The van der Waals surface area contributed by atoms with Crippen molar-refractivity contribution in [1.82, 2.24) is 10.3 Å². The monoisotopic (exact) mass is 324 g/mol. The van der Waals surface area contributed by atoms with Crippen molar-refractivity contribution >= 4 is 28.8 Å². The number of nitrogens with one attached hydrogen (secondary N) is 1. The molecule has 6 heteroatoms. The Labute approximate surface area is 133 Å². The van der Waals surface area contributed by atoms with Crippen LogP contribution in [0.15, 0.2) is 29.6 Å². The van der Waals surface area contributed by atoms with E-state index < -0.39 is 0 Å². The van der Waals surface area contributed by atoms with Crippen LogP contribution in [0.3, 0.4) is 0 Å². The van der Waals surface area contributed by atoms with Gasteiger partial charge in [0.2, 0.25) is 0 Å². The van der Waals surface area contributed by atoms with Crippen LogP contribution in [0.5, 0.6) is 5.75 Å². The summed E-state index contributed by atoms with van der Waals surface area (Å²) in [5.74, 6) is 0.598. The molecular formula is C15H17ClN2O2S. The largest absolute Gasteiger partial charge is 0.486 e. The van der Waals surface area contributed by atoms with Crippen LogP contribution in [0, 0.1) is 0 Å². The van der Waals surface area contributed by atoms with E-state index in [9.17, 15) is 4.79 Å². The van der Waals surface area contributed by atoms with Crippen LogP contribution in [0.4, 0.5) is 0 Å². The lowest BCUT2D eigenvalue weighted by Crippen LogP contribution is -2.24. The number of hydrogen-bond acceptors (Lipinski definition) is 4. The van der Waals surface area contributed by atoms with Gasteiger partial charge in [-0.15, -0.1) is 11.3 Å². The van der Waals surface area contributed by atoms with Gasteiger partial charge in [-0.25, -0.2) is 4.98 Å². The van der Waals surface area contributed by atoms with Crippen LogP contribution in [-0.2, 0) is 6.61 Å². The van der Waals surface area contributed by atoms with Gasteiger partial charge in [0, 0.05) is 16.9 Å². The van der Waals surface area contributed by atoms with E-state index in [4.69, 9.17) is 16.3 Å². The van der Waals surface area contributed by atoms with Gasteiger partial charge in [0.25, 0.3) is 5.91 Å². The standard InChI is InChI=1S/C15H17ClN2O2S/c1-2-3-8-17-15(19)13-10-21-14(18-13)9-20-12-6-4-11(16)5-7-12/h4-7,10H,2-3,8-9H2,1H3,(H,17,19). The van der Waals surface area contributed by atoms with Gasteiger partial charge in [0.05, 0.1) is 0 Å². The first-order valence-electron chi connectivity index (χ1n) is 6.80. The lowest BCUT2D eigenvalue weighted by molar-refractivity contribution is 0.0948. The molecule has 1 aromatic heterocycles. The highest BCUT2D eigenvalue weighted by Gasteiger charge is 2.10. The molecule has 0 aliphatic carbocycles. The second-order valence-electron chi connectivity index (χ2n) is 4.48. The number of hydrogen-bond donors (Lipinski definition) is 1. The molecule has 21 heavy (non-hydrogen) atoms. The van der Waals surface area contributed by atoms with E-state index in [1.165, 1.54) is 11.3 Å². The summed E-state index contributed by atoms with van der Waals surface area (Å²) < 4.78 is 5.60. The SMILES string of the molecule is CCCCNC(=O)c1csc(COc2ccc(Cl)cc2)n1. The van der Waals surface area contributed by atoms with Gasteiger partial charge in [0.1, 0.15) is 23.1 Å². The van der Waals surface area contributed by atoms with Crippen LogP contribution in [0.1, 0.15) is 35.3 Å². The molecule has 1 N–H and O–H groups in total. The van der Waals surface area contributed by atoms with Crippen LogP contribution >= 0.6 is 22.9 Å². The van der Waals surface area contributed by atoms with Crippen LogP contribution in [-0.4, -0.2) is 17.4 Å². The summed E-state index contributed by atoms with van der Waals surface area (Å²) in [6.07, 6.45) is 2.03. The maximum atomic E-state index is 11.8. The lowest BCUT2D eigenvalue weighted by atomic mass is 10.3. The number of carbonyl (C=O) groups is 1. The number of aromatic nitrogens is 1. The summed E-state index contributed by atoms with van der Waals surface area (Å²) in [6.45, 7) is 3.11. The van der Waals surface area contributed by atoms with Gasteiger partial charge in [0.15, 0.2) is 0 Å². The minimum atomic E-state index is -0.127. The van der Waals surface area contributed by atoms with Gasteiger partial charge in [-0.1, -0.05) is 24.9 Å². The molecule has 0 unspecified atom stereocenters. The molecule has 0 saturated heterocycles. The Morgan fingerprint density at radius 2 is 2.14 bits per heavy atom. The second kappa shape index (κ2) is 8.00. The predicted octanol–water partition coefficient (Wildman–Crippen LogP) is 3.91. The van der Waals surface area contributed by atoms with Gasteiger partial charge >= 0.3 is 0 Å². The van der Waals surface area contributed by atoms with Crippen LogP contribution < -0.4 is 10.1 Å². The maximum absolute atomic E-state index is 11.8. The summed E-state index contributed by atoms with van der Waals surface area (Å²) in [4.78, 5) is 16.1. The Morgan fingerprint density at radius 1 is 1.38 bits per heavy atom. The fraction of sp³-hybridized carbons (Fsp3) is 0.333. The number of benzene rings is 1. The number of thiazole rings is 1. The molecule has 1 amide bonds. The number of rotatable bonds is 7. The summed E-state index contributed by atoms with van der Waals surface area (Å²) in [5, 5.41) is 6.03. The van der Waals surface area contributed by atoms with E-state index in [2.05, 4.69) is 17.2 Å². The van der Waals surface area contributed by atoms with E-state index in [0.717, 1.165) is 23.6 Å². The fourth-order valence-electron chi connectivity index (χ4n) is 1.63. The maximum Gasteiger partial charge on any atom is 0.270 e. The van der Waals surface area contributed by atoms with Crippen molar-refractivity contribution in [3.05, 3.63) is 45.4 Å². The van der Waals surface area contributed by atoms with Gasteiger partial charge < -0.3 is 10.1 Å². The molecule has 0 aliphatic rings. The number of ether oxygens (including phenoxy) is 1. The predicted molar refractivity (Wildman–Crippen MR) is 85.1 cm³/mol. The van der Waals surface area contributed by atoms with E-state index >= 15 is 0 Å². The summed E-state index contributed by atoms with van der Waals surface area (Å²) in [6, 6.07) is 7.14. The smallest absolute Gasteiger partial charge is 0.270 e. The molecule has 2 rings (SSSR count). The molecule has 112 valence electrons. The number of carbonyl (C=O) groups excluding carboxylic acids is 1. The number of halogens is 1. The second-order valence-corrected chi connectivity index (χ2v) is 5.86. The molecular weight excluding hydrogens is 308 g/mol. The van der Waals surface area contributed by atoms with Crippen molar-refractivity contribution < 1.29 is 9.53 Å². The van der Waals surface area contributed by atoms with E-state index in [-0.39, 0.29) is 5.91 Å². The highest BCUT2D eigenvalue weighted by atomic mass is 35.5. The Morgan fingerprint density at radius 3 is 2.86 bits per heavy atom. The van der Waals surface area contributed by atoms with Crippen molar-refractivity contribution in [2.75, 3.05) is 6.54 Å². The third kappa shape index (κ3) is 5.02. The normalized spacial score (nSPS) is 10.4. The minimum absolute atomic E-state index is 0.127. The Hall–Kier alpha value is -1.59. The number of nitrogens with zero attached hydrogens (tertiary/aromatic N) is 1. The fourth-order valence-corrected chi connectivity index (χ4v) is 2.44. The van der Waals surface area contributed by atoms with Crippen molar-refractivity contribution in [1.29, 1.82) is 0 Å². The average Bonchev–Trinajstić information content (AvgIpc) is 2.96. The van der Waals surface area contributed by atoms with Crippen LogP contribution in [0.2, 0.25) is 5.02 Å². The molecule has 0 aliphatic heterocycles. The topological polar surface area (TPSA) is 51.2 Å². The van der Waals surface area contributed by atoms with Gasteiger partial charge in [-0.05, 0) is 30.7 Å². The van der Waals surface area contributed by atoms with Crippen LogP contribution in [0.25, 0.3) is 0 Å². The molecule has 0 fully saturated rings. The summed E-state index contributed by atoms with van der Waals surface area (Å²) >= 11 is 7.23. The Bertz CT molecular complexity index is 584. The zero-order valence-electron chi connectivity index (χ0n) is 11.8. The lowest BCUT2D eigenvalue weighted by Gasteiger charge is -2.03. The van der Waals surface area contributed by atoms with Crippen molar-refractivity contribution in [2.24, 2.45) is 0 Å². The molecule has 4 nitrogen and oxygen atoms in total. The summed E-state index contributed by atoms with van der Waals surface area (Å²) in [5.41, 5.74) is 0.450. The third-order valence-corrected chi connectivity index (χ3v) is 3.85. The third-order valence-electron chi connectivity index (χ3n) is 2.78. The zero-order chi connectivity index (χ0) is 15.1. The molecule has 0 spiro atoms. The Balaban J connectivity index is 1.85. The molecule has 0 atom stereocenters. The van der Waals surface area contributed by atoms with Gasteiger partial charge in [-0.2, -0.15) is 0 Å². The van der Waals surface area contributed by atoms with Crippen molar-refractivity contribution in [3.8, 4) is 5.75 Å². The quantitative estimate of drug-likeness (QED) is 0.786. The molecule has 2 aromatic rings. The molecule has 1 aromatic carbocycles. The highest BCUT2D eigenvalue weighted by Crippen LogP contribution is 2.18. The van der Waals surface area contributed by atoms with Gasteiger partial charge in [-0.3, -0.25) is 4.79 Å². The molecule has 1 heterocycles. The average molecular weight is 325 g/mol. The van der Waals surface area contributed by atoms with Crippen molar-refractivity contribution in [2.45, 2.75) is 26.4 Å². The van der Waals surface area contributed by atoms with E-state index in [0.29, 0.717) is 23.9 Å². The first-order valence-corrected chi connectivity index (χ1v) is 8.05. The molecule has 0 bridgehead atoms. The van der Waals surface area contributed by atoms with Crippen molar-refractivity contribution in [3.63, 3.8) is 0 Å². The summed E-state index contributed by atoms with van der Waals surface area (Å²) in [7, 11) is 0. The first kappa shape index (κ1) is 15.8. The number of amides is 1. The first-order chi connectivity index (χ1) is 10.2. The molecule has 0 radical (unpaired) electrons. The Kier molecular flexibility index (Phi) is 6.02. The highest BCUT2D eigenvalue weighted by molar-refractivity contribution is 7.09. The van der Waals surface area contributed by atoms with E-state index in [1.807, 2.05) is 0 Å². The minimum Gasteiger partial charge on any atom is -0.486 e. The molecule has 0 saturated carbocycles. The van der Waals surface area contributed by atoms with E-state index in [1.54, 1.807) is 29.6 Å². The zero-order valence-corrected chi connectivity index (χ0v) is 13.3. The number of unbranched alkanes of at least 4 members (excludes halogenated alkanes) is 1.